The highest BCUT2D eigenvalue weighted by Crippen LogP contribution is 2.41. The van der Waals surface area contributed by atoms with Crippen LogP contribution in [0.1, 0.15) is 48.4 Å². The summed E-state index contributed by atoms with van der Waals surface area (Å²) < 4.78 is 0. The fourth-order valence-corrected chi connectivity index (χ4v) is 3.35. The maximum atomic E-state index is 11.4. The third-order valence-corrected chi connectivity index (χ3v) is 4.39. The molecule has 1 amide bonds. The van der Waals surface area contributed by atoms with Gasteiger partial charge < -0.3 is 5.32 Å². The average Bonchev–Trinajstić information content (AvgIpc) is 2.48. The van der Waals surface area contributed by atoms with Gasteiger partial charge in [0.1, 0.15) is 0 Å². The largest absolute Gasteiger partial charge is 0.350 e. The highest BCUT2D eigenvalue weighted by molar-refractivity contribution is 6.30. The number of hydrogen-bond donors (Lipinski definition) is 1. The van der Waals surface area contributed by atoms with Gasteiger partial charge in [0, 0.05) is 17.9 Å². The van der Waals surface area contributed by atoms with E-state index in [1.165, 1.54) is 16.7 Å². The molecule has 3 rings (SSSR count). The molecule has 2 nitrogen and oxygen atoms in total. The highest BCUT2D eigenvalue weighted by atomic mass is 35.5. The maximum Gasteiger partial charge on any atom is 0.217 e. The summed E-state index contributed by atoms with van der Waals surface area (Å²) >= 11 is 5.98. The van der Waals surface area contributed by atoms with E-state index in [0.717, 1.165) is 17.9 Å². The molecule has 2 aromatic rings. The zero-order chi connectivity index (χ0) is 14.8. The van der Waals surface area contributed by atoms with E-state index in [9.17, 15) is 4.79 Å². The number of hydrogen-bond acceptors (Lipinski definition) is 1. The van der Waals surface area contributed by atoms with Gasteiger partial charge in [-0.05, 0) is 41.7 Å². The molecule has 0 saturated heterocycles. The summed E-state index contributed by atoms with van der Waals surface area (Å²) in [6.45, 7) is 1.58. The van der Waals surface area contributed by atoms with Gasteiger partial charge in [-0.2, -0.15) is 0 Å². The molecule has 0 saturated carbocycles. The lowest BCUT2D eigenvalue weighted by Crippen LogP contribution is -2.30. The van der Waals surface area contributed by atoms with Crippen molar-refractivity contribution in [2.75, 3.05) is 0 Å². The van der Waals surface area contributed by atoms with Crippen LogP contribution in [0.2, 0.25) is 5.02 Å². The molecule has 1 aliphatic carbocycles. The SMILES string of the molecule is CC(=O)NC1CCC(c2ccc(Cl)cc2)c2ccccc21. The fraction of sp³-hybridized carbons (Fsp3) is 0.278. The summed E-state index contributed by atoms with van der Waals surface area (Å²) in [6, 6.07) is 16.6. The highest BCUT2D eigenvalue weighted by Gasteiger charge is 2.28. The lowest BCUT2D eigenvalue weighted by atomic mass is 9.77. The third-order valence-electron chi connectivity index (χ3n) is 4.14. The first-order valence-electron chi connectivity index (χ1n) is 7.26. The van der Waals surface area contributed by atoms with Gasteiger partial charge in [0.15, 0.2) is 0 Å². The normalized spacial score (nSPS) is 20.7. The molecule has 0 spiro atoms. The van der Waals surface area contributed by atoms with E-state index in [-0.39, 0.29) is 11.9 Å². The Bertz CT molecular complexity index is 651. The van der Waals surface area contributed by atoms with Crippen LogP contribution in [0.25, 0.3) is 0 Å². The molecule has 2 unspecified atom stereocenters. The number of rotatable bonds is 2. The van der Waals surface area contributed by atoms with Gasteiger partial charge in [-0.15, -0.1) is 0 Å². The molecule has 0 bridgehead atoms. The van der Waals surface area contributed by atoms with E-state index >= 15 is 0 Å². The zero-order valence-electron chi connectivity index (χ0n) is 12.0. The van der Waals surface area contributed by atoms with Crippen LogP contribution in [0.3, 0.4) is 0 Å². The Morgan fingerprint density at radius 1 is 1.05 bits per heavy atom. The van der Waals surface area contributed by atoms with Crippen molar-refractivity contribution in [2.24, 2.45) is 0 Å². The van der Waals surface area contributed by atoms with Crippen LogP contribution in [-0.4, -0.2) is 5.91 Å². The van der Waals surface area contributed by atoms with E-state index in [1.807, 2.05) is 18.2 Å². The van der Waals surface area contributed by atoms with Gasteiger partial charge >= 0.3 is 0 Å². The summed E-state index contributed by atoms with van der Waals surface area (Å²) in [5, 5.41) is 3.82. The molecule has 2 aromatic carbocycles. The summed E-state index contributed by atoms with van der Waals surface area (Å²) in [6.07, 6.45) is 1.99. The lowest BCUT2D eigenvalue weighted by Gasteiger charge is -2.32. The minimum absolute atomic E-state index is 0.0275. The predicted octanol–water partition coefficient (Wildman–Crippen LogP) is 4.44. The van der Waals surface area contributed by atoms with Crippen LogP contribution in [0, 0.1) is 0 Å². The molecule has 2 atom stereocenters. The number of carbonyl (C=O) groups excluding carboxylic acids is 1. The van der Waals surface area contributed by atoms with Crippen LogP contribution in [0.4, 0.5) is 0 Å². The van der Waals surface area contributed by atoms with Crippen LogP contribution in [-0.2, 0) is 4.79 Å². The molecule has 0 heterocycles. The molecule has 0 aliphatic heterocycles. The Morgan fingerprint density at radius 2 is 1.71 bits per heavy atom. The average molecular weight is 300 g/mol. The first kappa shape index (κ1) is 14.2. The Kier molecular flexibility index (Phi) is 3.98. The van der Waals surface area contributed by atoms with Crippen LogP contribution >= 0.6 is 11.6 Å². The minimum Gasteiger partial charge on any atom is -0.350 e. The summed E-state index contributed by atoms with van der Waals surface area (Å²) in [5.41, 5.74) is 3.83. The van der Waals surface area contributed by atoms with Crippen LogP contribution in [0.15, 0.2) is 48.5 Å². The third kappa shape index (κ3) is 2.96. The van der Waals surface area contributed by atoms with Crippen molar-refractivity contribution in [1.82, 2.24) is 5.32 Å². The lowest BCUT2D eigenvalue weighted by molar-refractivity contribution is -0.119. The number of amides is 1. The van der Waals surface area contributed by atoms with Crippen LogP contribution in [0.5, 0.6) is 0 Å². The second-order valence-electron chi connectivity index (χ2n) is 5.56. The van der Waals surface area contributed by atoms with Crippen molar-refractivity contribution >= 4 is 17.5 Å². The van der Waals surface area contributed by atoms with Gasteiger partial charge in [-0.1, -0.05) is 48.0 Å². The first-order valence-corrected chi connectivity index (χ1v) is 7.64. The summed E-state index contributed by atoms with van der Waals surface area (Å²) in [4.78, 5) is 11.4. The maximum absolute atomic E-state index is 11.4. The van der Waals surface area contributed by atoms with Gasteiger partial charge in [-0.3, -0.25) is 4.79 Å². The quantitative estimate of drug-likeness (QED) is 0.872. The van der Waals surface area contributed by atoms with Gasteiger partial charge in [0.05, 0.1) is 6.04 Å². The van der Waals surface area contributed by atoms with Crippen molar-refractivity contribution < 1.29 is 4.79 Å². The monoisotopic (exact) mass is 299 g/mol. The molecule has 0 radical (unpaired) electrons. The predicted molar refractivity (Wildman–Crippen MR) is 85.5 cm³/mol. The Balaban J connectivity index is 1.97. The summed E-state index contributed by atoms with van der Waals surface area (Å²) in [7, 11) is 0. The smallest absolute Gasteiger partial charge is 0.217 e. The molecule has 108 valence electrons. The first-order chi connectivity index (χ1) is 10.1. The van der Waals surface area contributed by atoms with Crippen LogP contribution < -0.4 is 5.32 Å². The molecule has 3 heteroatoms. The van der Waals surface area contributed by atoms with E-state index in [2.05, 4.69) is 35.6 Å². The minimum atomic E-state index is 0.0275. The van der Waals surface area contributed by atoms with Crippen molar-refractivity contribution in [3.05, 3.63) is 70.2 Å². The molecule has 1 N–H and O–H groups in total. The molecule has 21 heavy (non-hydrogen) atoms. The summed E-state index contributed by atoms with van der Waals surface area (Å²) in [5.74, 6) is 0.406. The number of halogens is 1. The Hall–Kier alpha value is -1.80. The van der Waals surface area contributed by atoms with E-state index < -0.39 is 0 Å². The second kappa shape index (κ2) is 5.90. The number of benzene rings is 2. The zero-order valence-corrected chi connectivity index (χ0v) is 12.7. The van der Waals surface area contributed by atoms with Crippen molar-refractivity contribution in [1.29, 1.82) is 0 Å². The molecule has 0 aromatic heterocycles. The van der Waals surface area contributed by atoms with E-state index in [4.69, 9.17) is 11.6 Å². The molecule has 1 aliphatic rings. The van der Waals surface area contributed by atoms with E-state index in [0.29, 0.717) is 5.92 Å². The van der Waals surface area contributed by atoms with Crippen molar-refractivity contribution in [3.63, 3.8) is 0 Å². The number of carbonyl (C=O) groups is 1. The molecular formula is C18H18ClNO. The standard InChI is InChI=1S/C18H18ClNO/c1-12(21)20-18-11-10-15(13-6-8-14(19)9-7-13)16-4-2-3-5-17(16)18/h2-9,15,18H,10-11H2,1H3,(H,20,21). The van der Waals surface area contributed by atoms with Gasteiger partial charge in [-0.25, -0.2) is 0 Å². The number of fused-ring (bicyclic) bond motifs is 1. The van der Waals surface area contributed by atoms with Crippen molar-refractivity contribution in [3.8, 4) is 0 Å². The van der Waals surface area contributed by atoms with E-state index in [1.54, 1.807) is 6.92 Å². The topological polar surface area (TPSA) is 29.1 Å². The fourth-order valence-electron chi connectivity index (χ4n) is 3.23. The number of nitrogens with one attached hydrogen (secondary N) is 1. The van der Waals surface area contributed by atoms with Gasteiger partial charge in [0.2, 0.25) is 5.91 Å². The Morgan fingerprint density at radius 3 is 2.38 bits per heavy atom. The molecular weight excluding hydrogens is 282 g/mol. The molecule has 0 fully saturated rings. The van der Waals surface area contributed by atoms with Gasteiger partial charge in [0.25, 0.3) is 0 Å². The Labute approximate surface area is 130 Å². The second-order valence-corrected chi connectivity index (χ2v) is 6.00. The van der Waals surface area contributed by atoms with Crippen molar-refractivity contribution in [2.45, 2.75) is 31.7 Å².